The van der Waals surface area contributed by atoms with Crippen molar-refractivity contribution in [3.63, 3.8) is 0 Å². The lowest BCUT2D eigenvalue weighted by atomic mass is 10.2. The number of esters is 1. The third-order valence-corrected chi connectivity index (χ3v) is 7.01. The Morgan fingerprint density at radius 2 is 1.74 bits per heavy atom. The summed E-state index contributed by atoms with van der Waals surface area (Å²) in [6.07, 6.45) is 0. The number of aromatic nitrogens is 2. The number of hydrogen-bond acceptors (Lipinski definition) is 7. The van der Waals surface area contributed by atoms with E-state index in [9.17, 15) is 13.2 Å². The third-order valence-electron chi connectivity index (χ3n) is 4.39. The maximum atomic E-state index is 12.7. The van der Waals surface area contributed by atoms with Gasteiger partial charge >= 0.3 is 5.97 Å². The predicted octanol–water partition coefficient (Wildman–Crippen LogP) is 4.43. The average Bonchev–Trinajstić information content (AvgIpc) is 3.22. The van der Waals surface area contributed by atoms with Crippen LogP contribution in [0.25, 0.3) is 11.5 Å². The van der Waals surface area contributed by atoms with Crippen LogP contribution in [0, 0.1) is 0 Å². The SMILES string of the molecule is CCN(CC)S(=O)(=O)c1ccc(Cl)c(C(=O)OCc2nnc(-c3ccc(Cl)cc3)o2)c1. The van der Waals surface area contributed by atoms with Gasteiger partial charge in [0.1, 0.15) is 0 Å². The number of rotatable bonds is 8. The molecule has 8 nitrogen and oxygen atoms in total. The summed E-state index contributed by atoms with van der Waals surface area (Å²) in [6.45, 7) is 3.76. The van der Waals surface area contributed by atoms with Gasteiger partial charge in [-0.3, -0.25) is 0 Å². The van der Waals surface area contributed by atoms with Crippen LogP contribution in [0.5, 0.6) is 0 Å². The van der Waals surface area contributed by atoms with Gasteiger partial charge in [-0.15, -0.1) is 10.2 Å². The Morgan fingerprint density at radius 3 is 2.39 bits per heavy atom. The molecule has 1 heterocycles. The molecule has 31 heavy (non-hydrogen) atoms. The van der Waals surface area contributed by atoms with E-state index >= 15 is 0 Å². The molecule has 0 aliphatic carbocycles. The molecule has 164 valence electrons. The zero-order valence-corrected chi connectivity index (χ0v) is 19.0. The molecule has 0 fully saturated rings. The lowest BCUT2D eigenvalue weighted by Gasteiger charge is -2.18. The van der Waals surface area contributed by atoms with E-state index in [1.807, 2.05) is 0 Å². The zero-order chi connectivity index (χ0) is 22.6. The van der Waals surface area contributed by atoms with Crippen molar-refractivity contribution in [2.45, 2.75) is 25.3 Å². The second-order valence-corrected chi connectivity index (χ2v) is 9.10. The molecule has 0 spiro atoms. The van der Waals surface area contributed by atoms with Gasteiger partial charge in [0.25, 0.3) is 5.89 Å². The van der Waals surface area contributed by atoms with Crippen LogP contribution in [0.3, 0.4) is 0 Å². The van der Waals surface area contributed by atoms with E-state index in [0.717, 1.165) is 0 Å². The Balaban J connectivity index is 1.75. The van der Waals surface area contributed by atoms with Crippen molar-refractivity contribution in [3.8, 4) is 11.5 Å². The molecule has 0 aliphatic heterocycles. The Kier molecular flexibility index (Phi) is 7.32. The van der Waals surface area contributed by atoms with Crippen molar-refractivity contribution in [1.82, 2.24) is 14.5 Å². The van der Waals surface area contributed by atoms with Gasteiger partial charge in [0.15, 0.2) is 6.61 Å². The maximum Gasteiger partial charge on any atom is 0.340 e. The van der Waals surface area contributed by atoms with Crippen molar-refractivity contribution in [2.24, 2.45) is 0 Å². The normalized spacial score (nSPS) is 11.6. The molecule has 2 aromatic carbocycles. The summed E-state index contributed by atoms with van der Waals surface area (Å²) in [7, 11) is -3.75. The van der Waals surface area contributed by atoms with E-state index in [0.29, 0.717) is 23.7 Å². The topological polar surface area (TPSA) is 103 Å². The van der Waals surface area contributed by atoms with Crippen LogP contribution < -0.4 is 0 Å². The van der Waals surface area contributed by atoms with E-state index in [4.69, 9.17) is 32.4 Å². The fourth-order valence-electron chi connectivity index (χ4n) is 2.76. The van der Waals surface area contributed by atoms with Crippen molar-refractivity contribution in [2.75, 3.05) is 13.1 Å². The number of nitrogens with zero attached hydrogens (tertiary/aromatic N) is 3. The minimum absolute atomic E-state index is 0.0460. The smallest absolute Gasteiger partial charge is 0.340 e. The van der Waals surface area contributed by atoms with Crippen molar-refractivity contribution in [3.05, 3.63) is 64.0 Å². The molecule has 0 N–H and O–H groups in total. The van der Waals surface area contributed by atoms with Gasteiger partial charge in [-0.05, 0) is 42.5 Å². The number of halogens is 2. The molecule has 0 unspecified atom stereocenters. The van der Waals surface area contributed by atoms with Crippen LogP contribution in [0.4, 0.5) is 0 Å². The molecule has 0 bridgehead atoms. The van der Waals surface area contributed by atoms with Crippen LogP contribution >= 0.6 is 23.2 Å². The van der Waals surface area contributed by atoms with Gasteiger partial charge in [0, 0.05) is 23.7 Å². The molecule has 3 aromatic rings. The number of sulfonamides is 1. The Bertz CT molecular complexity index is 1180. The van der Waals surface area contributed by atoms with E-state index < -0.39 is 16.0 Å². The fourth-order valence-corrected chi connectivity index (χ4v) is 4.57. The summed E-state index contributed by atoms with van der Waals surface area (Å²) in [5.41, 5.74) is 0.583. The van der Waals surface area contributed by atoms with Gasteiger partial charge in [0.2, 0.25) is 15.9 Å². The van der Waals surface area contributed by atoms with Crippen LogP contribution in [0.15, 0.2) is 51.8 Å². The molecular formula is C20H19Cl2N3O5S. The maximum absolute atomic E-state index is 12.7. The number of benzene rings is 2. The number of carbonyl (C=O) groups excluding carboxylic acids is 1. The molecular weight excluding hydrogens is 465 g/mol. The number of ether oxygens (including phenoxy) is 1. The summed E-state index contributed by atoms with van der Waals surface area (Å²) in [6, 6.07) is 10.7. The number of carbonyl (C=O) groups is 1. The monoisotopic (exact) mass is 483 g/mol. The third kappa shape index (κ3) is 5.24. The highest BCUT2D eigenvalue weighted by molar-refractivity contribution is 7.89. The Hall–Kier alpha value is -2.46. The second-order valence-electron chi connectivity index (χ2n) is 6.31. The summed E-state index contributed by atoms with van der Waals surface area (Å²) < 4.78 is 37.4. The first-order valence-corrected chi connectivity index (χ1v) is 11.5. The lowest BCUT2D eigenvalue weighted by molar-refractivity contribution is 0.0438. The molecule has 1 aromatic heterocycles. The van der Waals surface area contributed by atoms with Gasteiger partial charge < -0.3 is 9.15 Å². The minimum atomic E-state index is -3.75. The molecule has 3 rings (SSSR count). The Morgan fingerprint density at radius 1 is 1.06 bits per heavy atom. The standard InChI is InChI=1S/C20H19Cl2N3O5S/c1-3-25(4-2)31(27,28)15-9-10-17(22)16(11-15)20(26)29-12-18-23-24-19(30-18)13-5-7-14(21)8-6-13/h5-11H,3-4,12H2,1-2H3. The molecule has 0 radical (unpaired) electrons. The molecule has 0 saturated heterocycles. The van der Waals surface area contributed by atoms with E-state index in [2.05, 4.69) is 10.2 Å². The lowest BCUT2D eigenvalue weighted by Crippen LogP contribution is -2.30. The quantitative estimate of drug-likeness (QED) is 0.436. The average molecular weight is 484 g/mol. The van der Waals surface area contributed by atoms with Crippen LogP contribution in [-0.2, 0) is 21.4 Å². The Labute approximate surface area is 189 Å². The van der Waals surface area contributed by atoms with Crippen LogP contribution in [0.1, 0.15) is 30.1 Å². The highest BCUT2D eigenvalue weighted by atomic mass is 35.5. The molecule has 0 aliphatic rings. The fraction of sp³-hybridized carbons (Fsp3) is 0.250. The minimum Gasteiger partial charge on any atom is -0.452 e. The van der Waals surface area contributed by atoms with E-state index in [-0.39, 0.29) is 33.9 Å². The van der Waals surface area contributed by atoms with E-state index in [1.165, 1.54) is 22.5 Å². The molecule has 0 amide bonds. The molecule has 0 saturated carbocycles. The van der Waals surface area contributed by atoms with Gasteiger partial charge in [0.05, 0.1) is 15.5 Å². The zero-order valence-electron chi connectivity index (χ0n) is 16.7. The van der Waals surface area contributed by atoms with Crippen LogP contribution in [0.2, 0.25) is 10.0 Å². The summed E-state index contributed by atoms with van der Waals surface area (Å²) in [5.74, 6) is -0.498. The van der Waals surface area contributed by atoms with Gasteiger partial charge in [-0.2, -0.15) is 4.31 Å². The largest absolute Gasteiger partial charge is 0.452 e. The van der Waals surface area contributed by atoms with Gasteiger partial charge in [-0.25, -0.2) is 13.2 Å². The first-order chi connectivity index (χ1) is 14.8. The second kappa shape index (κ2) is 9.78. The number of hydrogen-bond donors (Lipinski definition) is 0. The summed E-state index contributed by atoms with van der Waals surface area (Å²) in [4.78, 5) is 12.5. The van der Waals surface area contributed by atoms with Crippen molar-refractivity contribution in [1.29, 1.82) is 0 Å². The molecule has 11 heteroatoms. The first kappa shape index (κ1) is 23.2. The summed E-state index contributed by atoms with van der Waals surface area (Å²) in [5, 5.41) is 8.38. The molecule has 0 atom stereocenters. The van der Waals surface area contributed by atoms with Crippen molar-refractivity contribution >= 4 is 39.2 Å². The predicted molar refractivity (Wildman–Crippen MR) is 115 cm³/mol. The van der Waals surface area contributed by atoms with Gasteiger partial charge in [-0.1, -0.05) is 37.0 Å². The first-order valence-electron chi connectivity index (χ1n) is 9.31. The highest BCUT2D eigenvalue weighted by Gasteiger charge is 2.24. The van der Waals surface area contributed by atoms with Crippen molar-refractivity contribution < 1.29 is 22.4 Å². The highest BCUT2D eigenvalue weighted by Crippen LogP contribution is 2.25. The van der Waals surface area contributed by atoms with E-state index in [1.54, 1.807) is 38.1 Å². The summed E-state index contributed by atoms with van der Waals surface area (Å²) >= 11 is 12.0. The van der Waals surface area contributed by atoms with Crippen LogP contribution in [-0.4, -0.2) is 42.0 Å².